The second-order valence-electron chi connectivity index (χ2n) is 10.9. The number of hydrogen-bond acceptors (Lipinski definition) is 6. The van der Waals surface area contributed by atoms with E-state index in [4.69, 9.17) is 18.9 Å². The van der Waals surface area contributed by atoms with E-state index in [0.29, 0.717) is 37.7 Å². The summed E-state index contributed by atoms with van der Waals surface area (Å²) in [6.07, 6.45) is 14.7. The van der Waals surface area contributed by atoms with E-state index >= 15 is 0 Å². The van der Waals surface area contributed by atoms with E-state index < -0.39 is 17.9 Å². The van der Waals surface area contributed by atoms with Crippen LogP contribution in [0.15, 0.2) is 12.2 Å². The predicted octanol–water partition coefficient (Wildman–Crippen LogP) is 5.70. The average molecular weight is 465 g/mol. The summed E-state index contributed by atoms with van der Waals surface area (Å²) < 4.78 is 26.0. The third kappa shape index (κ3) is 6.66. The number of ketones is 1. The number of allylic oxidation sites excluding steroid dienone is 1. The van der Waals surface area contributed by atoms with Crippen LogP contribution in [0.5, 0.6) is 0 Å². The van der Waals surface area contributed by atoms with Gasteiger partial charge in [-0.15, -0.1) is 0 Å². The van der Waals surface area contributed by atoms with Crippen molar-refractivity contribution in [2.75, 3.05) is 0 Å². The van der Waals surface area contributed by atoms with Gasteiger partial charge in [-0.25, -0.2) is 0 Å². The largest absolute Gasteiger partial charge is 0.365 e. The minimum absolute atomic E-state index is 0.0666. The van der Waals surface area contributed by atoms with Crippen LogP contribution in [-0.4, -0.2) is 47.1 Å². The van der Waals surface area contributed by atoms with Gasteiger partial charge in [0.05, 0.1) is 12.2 Å². The van der Waals surface area contributed by atoms with Gasteiger partial charge in [-0.3, -0.25) is 4.79 Å². The van der Waals surface area contributed by atoms with Crippen LogP contribution in [0, 0.1) is 0 Å². The molecule has 1 N–H and O–H groups in total. The number of ether oxygens (including phenoxy) is 4. The van der Waals surface area contributed by atoms with Crippen LogP contribution in [-0.2, 0) is 23.7 Å². The Kier molecular flexibility index (Phi) is 8.66. The fraction of sp³-hybridized carbons (Fsp3) is 0.889. The number of carbonyl (C=O) groups is 1. The van der Waals surface area contributed by atoms with Crippen molar-refractivity contribution in [1.82, 2.24) is 0 Å². The monoisotopic (exact) mass is 464 g/mol. The van der Waals surface area contributed by atoms with Crippen molar-refractivity contribution in [1.29, 1.82) is 0 Å². The molecule has 4 atom stereocenters. The van der Waals surface area contributed by atoms with Gasteiger partial charge >= 0.3 is 0 Å². The maximum Gasteiger partial charge on any atom is 0.190 e. The zero-order chi connectivity index (χ0) is 23.3. The lowest BCUT2D eigenvalue weighted by molar-refractivity contribution is -0.290. The highest BCUT2D eigenvalue weighted by Gasteiger charge is 2.55. The van der Waals surface area contributed by atoms with Crippen LogP contribution in [0.3, 0.4) is 0 Å². The molecular formula is C27H44O6. The van der Waals surface area contributed by atoms with Crippen molar-refractivity contribution in [3.05, 3.63) is 12.2 Å². The first-order valence-corrected chi connectivity index (χ1v) is 13.5. The minimum Gasteiger partial charge on any atom is -0.365 e. The normalized spacial score (nSPS) is 34.5. The number of carbonyl (C=O) groups excluding carboxylic acids is 1. The van der Waals surface area contributed by atoms with E-state index in [1.54, 1.807) is 6.92 Å². The summed E-state index contributed by atoms with van der Waals surface area (Å²) in [4.78, 5) is 12.2. The SMILES string of the molecule is C=C(C)C(=O)CC[C@@H]1C[C@H](OC2(O)CCCCCCC2)[C@H]2OC3(CCCCCCC3)O[C@H]2O1. The lowest BCUT2D eigenvalue weighted by Gasteiger charge is -2.41. The van der Waals surface area contributed by atoms with Crippen LogP contribution in [0.1, 0.15) is 116 Å². The Bertz CT molecular complexity index is 660. The second kappa shape index (κ2) is 11.3. The lowest BCUT2D eigenvalue weighted by Crippen LogP contribution is -2.51. The average Bonchev–Trinajstić information content (AvgIpc) is 3.12. The predicted molar refractivity (Wildman–Crippen MR) is 125 cm³/mol. The van der Waals surface area contributed by atoms with Gasteiger partial charge < -0.3 is 24.1 Å². The van der Waals surface area contributed by atoms with Crippen molar-refractivity contribution in [3.63, 3.8) is 0 Å². The first-order valence-electron chi connectivity index (χ1n) is 13.5. The molecule has 2 saturated heterocycles. The molecule has 0 amide bonds. The molecule has 0 radical (unpaired) electrons. The molecule has 0 unspecified atom stereocenters. The fourth-order valence-electron chi connectivity index (χ4n) is 5.95. The third-order valence-electron chi connectivity index (χ3n) is 7.93. The molecule has 2 heterocycles. The molecule has 2 aliphatic heterocycles. The highest BCUT2D eigenvalue weighted by Crippen LogP contribution is 2.45. The number of hydrogen-bond donors (Lipinski definition) is 1. The standard InChI is InChI=1S/C27H44O6/c1-20(2)22(28)14-13-21-19-23(31-26(29)15-9-5-3-6-10-16-26)24-25(30-21)33-27(32-24)17-11-7-4-8-12-18-27/h21,23-25,29H,1,3-19H2,2H3/t21-,23+,24-,25-/m1/s1. The number of Topliss-reactive ketones (excluding diaryl/α,β-unsaturated/α-hetero) is 1. The fourth-order valence-corrected chi connectivity index (χ4v) is 5.95. The number of aliphatic hydroxyl groups is 1. The topological polar surface area (TPSA) is 74.2 Å². The van der Waals surface area contributed by atoms with Gasteiger partial charge in [0.15, 0.2) is 23.6 Å². The summed E-state index contributed by atoms with van der Waals surface area (Å²) in [5.74, 6) is -1.66. The molecule has 4 fully saturated rings. The van der Waals surface area contributed by atoms with Crippen molar-refractivity contribution >= 4 is 5.78 Å². The Labute approximate surface area is 199 Å². The Balaban J connectivity index is 1.48. The van der Waals surface area contributed by atoms with Gasteiger partial charge in [0.25, 0.3) is 0 Å². The molecule has 4 rings (SSSR count). The molecular weight excluding hydrogens is 420 g/mol. The zero-order valence-electron chi connectivity index (χ0n) is 20.5. The molecule has 0 aromatic heterocycles. The summed E-state index contributed by atoms with van der Waals surface area (Å²) >= 11 is 0. The Morgan fingerprint density at radius 1 is 0.939 bits per heavy atom. The maximum absolute atomic E-state index is 12.2. The van der Waals surface area contributed by atoms with E-state index in [-0.39, 0.29) is 24.1 Å². The third-order valence-corrected chi connectivity index (χ3v) is 7.93. The maximum atomic E-state index is 12.2. The van der Waals surface area contributed by atoms with Gasteiger partial charge in [-0.05, 0) is 44.6 Å². The molecule has 188 valence electrons. The number of fused-ring (bicyclic) bond motifs is 1. The summed E-state index contributed by atoms with van der Waals surface area (Å²) in [6.45, 7) is 5.52. The summed E-state index contributed by atoms with van der Waals surface area (Å²) in [7, 11) is 0. The molecule has 6 heteroatoms. The van der Waals surface area contributed by atoms with Crippen LogP contribution in [0.4, 0.5) is 0 Å². The van der Waals surface area contributed by atoms with Crippen molar-refractivity contribution in [2.24, 2.45) is 0 Å². The van der Waals surface area contributed by atoms with Crippen LogP contribution in [0.25, 0.3) is 0 Å². The summed E-state index contributed by atoms with van der Waals surface area (Å²) in [5, 5.41) is 11.4. The van der Waals surface area contributed by atoms with Crippen molar-refractivity contribution < 1.29 is 28.8 Å². The molecule has 2 saturated carbocycles. The smallest absolute Gasteiger partial charge is 0.190 e. The van der Waals surface area contributed by atoms with Gasteiger partial charge in [0, 0.05) is 38.5 Å². The van der Waals surface area contributed by atoms with Crippen LogP contribution < -0.4 is 0 Å². The summed E-state index contributed by atoms with van der Waals surface area (Å²) in [6, 6.07) is 0. The minimum atomic E-state index is -1.12. The van der Waals surface area contributed by atoms with E-state index in [9.17, 15) is 9.90 Å². The second-order valence-corrected chi connectivity index (χ2v) is 10.9. The highest BCUT2D eigenvalue weighted by molar-refractivity contribution is 5.94. The summed E-state index contributed by atoms with van der Waals surface area (Å²) in [5.41, 5.74) is 0.578. The van der Waals surface area contributed by atoms with E-state index in [2.05, 4.69) is 6.58 Å². The molecule has 1 spiro atoms. The Hall–Kier alpha value is -0.790. The van der Waals surface area contributed by atoms with Crippen LogP contribution >= 0.6 is 0 Å². The van der Waals surface area contributed by atoms with Gasteiger partial charge in [-0.2, -0.15) is 0 Å². The van der Waals surface area contributed by atoms with Crippen molar-refractivity contribution in [3.8, 4) is 0 Å². The first-order chi connectivity index (χ1) is 15.9. The van der Waals surface area contributed by atoms with E-state index in [1.807, 2.05) is 0 Å². The Morgan fingerprint density at radius 3 is 2.12 bits per heavy atom. The first kappa shape index (κ1) is 25.3. The molecule has 0 aromatic rings. The van der Waals surface area contributed by atoms with Crippen molar-refractivity contribution in [2.45, 2.75) is 152 Å². The van der Waals surface area contributed by atoms with Gasteiger partial charge in [0.2, 0.25) is 0 Å². The highest BCUT2D eigenvalue weighted by atomic mass is 16.8. The molecule has 33 heavy (non-hydrogen) atoms. The zero-order valence-corrected chi connectivity index (χ0v) is 20.5. The molecule has 0 bridgehead atoms. The van der Waals surface area contributed by atoms with Gasteiger partial charge in [-0.1, -0.05) is 45.1 Å². The quantitative estimate of drug-likeness (QED) is 0.401. The van der Waals surface area contributed by atoms with Gasteiger partial charge in [0.1, 0.15) is 6.10 Å². The van der Waals surface area contributed by atoms with E-state index in [0.717, 1.165) is 51.4 Å². The molecule has 6 nitrogen and oxygen atoms in total. The van der Waals surface area contributed by atoms with Crippen LogP contribution in [0.2, 0.25) is 0 Å². The van der Waals surface area contributed by atoms with E-state index in [1.165, 1.54) is 25.7 Å². The number of rotatable bonds is 6. The molecule has 0 aromatic carbocycles. The molecule has 4 aliphatic rings. The Morgan fingerprint density at radius 2 is 1.52 bits per heavy atom. The molecule has 2 aliphatic carbocycles. The lowest BCUT2D eigenvalue weighted by atomic mass is 9.93.